The monoisotopic (exact) mass is 255 g/mol. The second-order valence-corrected chi connectivity index (χ2v) is 4.93. The molecule has 2 aromatic rings. The molecule has 0 aliphatic carbocycles. The molecule has 0 saturated heterocycles. The third kappa shape index (κ3) is 3.65. The molecule has 0 aliphatic rings. The van der Waals surface area contributed by atoms with Crippen molar-refractivity contribution in [3.63, 3.8) is 0 Å². The van der Waals surface area contributed by atoms with Crippen molar-refractivity contribution in [2.75, 3.05) is 0 Å². The summed E-state index contributed by atoms with van der Waals surface area (Å²) in [6.07, 6.45) is 5.17. The van der Waals surface area contributed by atoms with Crippen LogP contribution in [0.25, 0.3) is 0 Å². The SMILES string of the molecule is CC[C@@](O)(CCCc1ccccn1)c1ccccc1. The summed E-state index contributed by atoms with van der Waals surface area (Å²) in [5, 5.41) is 10.7. The zero-order valence-electron chi connectivity index (χ0n) is 11.4. The summed E-state index contributed by atoms with van der Waals surface area (Å²) in [6, 6.07) is 15.9. The van der Waals surface area contributed by atoms with E-state index in [1.165, 1.54) is 0 Å². The maximum absolute atomic E-state index is 10.7. The Labute approximate surface area is 115 Å². The van der Waals surface area contributed by atoms with Crippen LogP contribution in [0.2, 0.25) is 0 Å². The predicted octanol–water partition coefficient (Wildman–Crippen LogP) is 3.70. The number of hydrogen-bond donors (Lipinski definition) is 1. The van der Waals surface area contributed by atoms with Crippen LogP contribution in [0.1, 0.15) is 37.4 Å². The van der Waals surface area contributed by atoms with Gasteiger partial charge in [0.05, 0.1) is 5.60 Å². The van der Waals surface area contributed by atoms with Gasteiger partial charge in [0.25, 0.3) is 0 Å². The molecular formula is C17H21NO. The van der Waals surface area contributed by atoms with Gasteiger partial charge in [0.15, 0.2) is 0 Å². The molecule has 0 unspecified atom stereocenters. The Morgan fingerprint density at radius 1 is 1.05 bits per heavy atom. The van der Waals surface area contributed by atoms with Crippen LogP contribution in [0.4, 0.5) is 0 Å². The number of aryl methyl sites for hydroxylation is 1. The quantitative estimate of drug-likeness (QED) is 0.853. The molecule has 19 heavy (non-hydrogen) atoms. The van der Waals surface area contributed by atoms with E-state index in [2.05, 4.69) is 4.98 Å². The van der Waals surface area contributed by atoms with Crippen LogP contribution in [0.3, 0.4) is 0 Å². The second kappa shape index (κ2) is 6.48. The molecule has 0 fully saturated rings. The molecule has 1 N–H and O–H groups in total. The zero-order chi connectivity index (χ0) is 13.6. The molecule has 2 rings (SSSR count). The van der Waals surface area contributed by atoms with E-state index >= 15 is 0 Å². The molecule has 0 saturated carbocycles. The number of rotatable bonds is 6. The highest BCUT2D eigenvalue weighted by atomic mass is 16.3. The van der Waals surface area contributed by atoms with Crippen molar-refractivity contribution < 1.29 is 5.11 Å². The van der Waals surface area contributed by atoms with Crippen LogP contribution in [-0.4, -0.2) is 10.1 Å². The smallest absolute Gasteiger partial charge is 0.0894 e. The standard InChI is InChI=1S/C17H21NO/c1-2-17(19,15-9-4-3-5-10-15)13-8-12-16-11-6-7-14-18-16/h3-7,9-11,14,19H,2,8,12-13H2,1H3/t17-/m1/s1. The van der Waals surface area contributed by atoms with Crippen LogP contribution in [-0.2, 0) is 12.0 Å². The minimum Gasteiger partial charge on any atom is -0.385 e. The summed E-state index contributed by atoms with van der Waals surface area (Å²) < 4.78 is 0. The largest absolute Gasteiger partial charge is 0.385 e. The summed E-state index contributed by atoms with van der Waals surface area (Å²) in [6.45, 7) is 2.04. The van der Waals surface area contributed by atoms with E-state index in [1.807, 2.05) is 61.7 Å². The first-order valence-corrected chi connectivity index (χ1v) is 6.92. The van der Waals surface area contributed by atoms with E-state index in [9.17, 15) is 5.11 Å². The van der Waals surface area contributed by atoms with Crippen LogP contribution >= 0.6 is 0 Å². The van der Waals surface area contributed by atoms with Gasteiger partial charge in [0.2, 0.25) is 0 Å². The van der Waals surface area contributed by atoms with E-state index in [0.29, 0.717) is 0 Å². The lowest BCUT2D eigenvalue weighted by Crippen LogP contribution is -2.24. The van der Waals surface area contributed by atoms with Crippen LogP contribution < -0.4 is 0 Å². The zero-order valence-corrected chi connectivity index (χ0v) is 11.4. The van der Waals surface area contributed by atoms with Crippen LogP contribution in [0.15, 0.2) is 54.7 Å². The number of benzene rings is 1. The fraction of sp³-hybridized carbons (Fsp3) is 0.353. The molecule has 0 amide bonds. The summed E-state index contributed by atoms with van der Waals surface area (Å²) in [5.41, 5.74) is 1.39. The number of aromatic nitrogens is 1. The molecule has 0 spiro atoms. The summed E-state index contributed by atoms with van der Waals surface area (Å²) >= 11 is 0. The molecule has 2 nitrogen and oxygen atoms in total. The molecule has 1 aromatic heterocycles. The van der Waals surface area contributed by atoms with E-state index in [1.54, 1.807) is 0 Å². The summed E-state index contributed by atoms with van der Waals surface area (Å²) in [5.74, 6) is 0. The third-order valence-electron chi connectivity index (χ3n) is 3.65. The molecule has 1 atom stereocenters. The molecular weight excluding hydrogens is 234 g/mol. The van der Waals surface area contributed by atoms with Crippen molar-refractivity contribution in [1.29, 1.82) is 0 Å². The first-order valence-electron chi connectivity index (χ1n) is 6.92. The van der Waals surface area contributed by atoms with Gasteiger partial charge in [-0.05, 0) is 43.4 Å². The van der Waals surface area contributed by atoms with Gasteiger partial charge in [0.1, 0.15) is 0 Å². The number of aliphatic hydroxyl groups is 1. The number of hydrogen-bond acceptors (Lipinski definition) is 2. The van der Waals surface area contributed by atoms with Crippen molar-refractivity contribution in [3.8, 4) is 0 Å². The summed E-state index contributed by atoms with van der Waals surface area (Å²) in [7, 11) is 0. The van der Waals surface area contributed by atoms with E-state index < -0.39 is 5.60 Å². The predicted molar refractivity (Wildman–Crippen MR) is 77.8 cm³/mol. The van der Waals surface area contributed by atoms with Gasteiger partial charge >= 0.3 is 0 Å². The minimum absolute atomic E-state index is 0.712. The Morgan fingerprint density at radius 3 is 2.42 bits per heavy atom. The Balaban J connectivity index is 1.96. The first kappa shape index (κ1) is 13.8. The molecule has 0 bridgehead atoms. The molecule has 0 radical (unpaired) electrons. The van der Waals surface area contributed by atoms with E-state index in [-0.39, 0.29) is 0 Å². The highest BCUT2D eigenvalue weighted by Crippen LogP contribution is 2.30. The molecule has 1 aromatic carbocycles. The highest BCUT2D eigenvalue weighted by Gasteiger charge is 2.26. The van der Waals surface area contributed by atoms with Crippen molar-refractivity contribution in [3.05, 3.63) is 66.0 Å². The van der Waals surface area contributed by atoms with Crippen molar-refractivity contribution >= 4 is 0 Å². The van der Waals surface area contributed by atoms with Gasteiger partial charge in [-0.25, -0.2) is 0 Å². The van der Waals surface area contributed by atoms with E-state index in [4.69, 9.17) is 0 Å². The van der Waals surface area contributed by atoms with Crippen LogP contribution in [0.5, 0.6) is 0 Å². The maximum atomic E-state index is 10.7. The van der Waals surface area contributed by atoms with Gasteiger partial charge in [0, 0.05) is 11.9 Å². The van der Waals surface area contributed by atoms with Crippen molar-refractivity contribution in [2.45, 2.75) is 38.2 Å². The lowest BCUT2D eigenvalue weighted by atomic mass is 9.86. The fourth-order valence-corrected chi connectivity index (χ4v) is 2.38. The maximum Gasteiger partial charge on any atom is 0.0894 e. The lowest BCUT2D eigenvalue weighted by Gasteiger charge is -2.27. The Morgan fingerprint density at radius 2 is 1.79 bits per heavy atom. The van der Waals surface area contributed by atoms with Gasteiger partial charge in [-0.3, -0.25) is 4.98 Å². The number of pyridine rings is 1. The van der Waals surface area contributed by atoms with Crippen molar-refractivity contribution in [2.24, 2.45) is 0 Å². The Kier molecular flexibility index (Phi) is 4.69. The van der Waals surface area contributed by atoms with Crippen molar-refractivity contribution in [1.82, 2.24) is 4.98 Å². The first-order chi connectivity index (χ1) is 9.24. The fourth-order valence-electron chi connectivity index (χ4n) is 2.38. The van der Waals surface area contributed by atoms with Gasteiger partial charge in [-0.2, -0.15) is 0 Å². The molecule has 100 valence electrons. The van der Waals surface area contributed by atoms with E-state index in [0.717, 1.165) is 36.9 Å². The topological polar surface area (TPSA) is 33.1 Å². The highest BCUT2D eigenvalue weighted by molar-refractivity contribution is 5.22. The second-order valence-electron chi connectivity index (χ2n) is 4.93. The van der Waals surface area contributed by atoms with Gasteiger partial charge in [-0.15, -0.1) is 0 Å². The molecule has 0 aliphatic heterocycles. The minimum atomic E-state index is -0.712. The average Bonchev–Trinajstić information content (AvgIpc) is 2.49. The molecule has 2 heteroatoms. The molecule has 1 heterocycles. The number of nitrogens with zero attached hydrogens (tertiary/aromatic N) is 1. The average molecular weight is 255 g/mol. The van der Waals surface area contributed by atoms with Gasteiger partial charge < -0.3 is 5.11 Å². The Bertz CT molecular complexity index is 483. The normalized spacial score (nSPS) is 14.0. The van der Waals surface area contributed by atoms with Gasteiger partial charge in [-0.1, -0.05) is 43.3 Å². The van der Waals surface area contributed by atoms with Crippen LogP contribution in [0, 0.1) is 0 Å². The third-order valence-corrected chi connectivity index (χ3v) is 3.65. The summed E-state index contributed by atoms with van der Waals surface area (Å²) in [4.78, 5) is 4.32. The lowest BCUT2D eigenvalue weighted by molar-refractivity contribution is 0.0214. The Hall–Kier alpha value is -1.67.